The molecule has 0 aromatic heterocycles. The van der Waals surface area contributed by atoms with E-state index in [4.69, 9.17) is 23.7 Å². The zero-order chi connectivity index (χ0) is 58.9. The van der Waals surface area contributed by atoms with Gasteiger partial charge in [0.2, 0.25) is 0 Å². The molecule has 1 rings (SSSR count). The highest BCUT2D eigenvalue weighted by atomic mass is 16.7. The number of esters is 3. The first kappa shape index (κ1) is 75.4. The monoisotopic (exact) mass is 1140 g/mol. The van der Waals surface area contributed by atoms with Crippen molar-refractivity contribution in [1.29, 1.82) is 0 Å². The van der Waals surface area contributed by atoms with E-state index >= 15 is 0 Å². The summed E-state index contributed by atoms with van der Waals surface area (Å²) in [6, 6.07) is 0. The average Bonchev–Trinajstić information content (AvgIpc) is 3.53. The maximum atomic E-state index is 13.2. The molecule has 0 spiro atoms. The first-order valence-electron chi connectivity index (χ1n) is 33.3. The molecule has 0 aromatic carbocycles. The van der Waals surface area contributed by atoms with Gasteiger partial charge in [0.1, 0.15) is 18.8 Å². The quantitative estimate of drug-likeness (QED) is 0.0228. The third kappa shape index (κ3) is 46.5. The van der Waals surface area contributed by atoms with Gasteiger partial charge in [0.05, 0.1) is 6.61 Å². The van der Waals surface area contributed by atoms with E-state index in [0.29, 0.717) is 19.3 Å². The van der Waals surface area contributed by atoms with Crippen molar-refractivity contribution in [3.05, 3.63) is 60.8 Å². The number of aliphatic hydroxyl groups excluding tert-OH is 2. The highest BCUT2D eigenvalue weighted by Crippen LogP contribution is 2.27. The summed E-state index contributed by atoms with van der Waals surface area (Å²) in [5, 5.41) is 31.6. The first-order chi connectivity index (χ1) is 39.6. The Balaban J connectivity index is 2.65. The molecule has 468 valence electrons. The number of carbonyl (C=O) groups is 4. The van der Waals surface area contributed by atoms with Crippen molar-refractivity contribution >= 4 is 23.9 Å². The van der Waals surface area contributed by atoms with Gasteiger partial charge in [-0.1, -0.05) is 242 Å². The van der Waals surface area contributed by atoms with Crippen LogP contribution in [0, 0.1) is 0 Å². The molecule has 12 nitrogen and oxygen atoms in total. The molecule has 12 heteroatoms. The van der Waals surface area contributed by atoms with Gasteiger partial charge in [0.15, 0.2) is 24.6 Å². The van der Waals surface area contributed by atoms with Crippen LogP contribution >= 0.6 is 0 Å². The lowest BCUT2D eigenvalue weighted by Crippen LogP contribution is -2.61. The van der Waals surface area contributed by atoms with Gasteiger partial charge in [0, 0.05) is 19.3 Å². The van der Waals surface area contributed by atoms with Crippen LogP contribution in [0.5, 0.6) is 0 Å². The Bertz CT molecular complexity index is 1640. The molecule has 0 aromatic rings. The Morgan fingerprint density at radius 3 is 1.20 bits per heavy atom. The molecular weight excluding hydrogens is 1020 g/mol. The summed E-state index contributed by atoms with van der Waals surface area (Å²) in [7, 11) is 0. The minimum atomic E-state index is -1.91. The van der Waals surface area contributed by atoms with Crippen LogP contribution in [0.2, 0.25) is 0 Å². The first-order valence-corrected chi connectivity index (χ1v) is 33.3. The van der Waals surface area contributed by atoms with Gasteiger partial charge in [-0.25, -0.2) is 4.79 Å². The van der Waals surface area contributed by atoms with Gasteiger partial charge in [-0.3, -0.25) is 14.4 Å². The Kier molecular flexibility index (Phi) is 53.0. The standard InChI is InChI=1S/C69H120O12/c1-4-7-10-13-16-19-22-25-28-30-31-33-35-37-40-43-46-49-52-55-61(70)77-58-60(79-62(71)56-53-50-47-44-41-38-34-27-24-21-18-15-12-9-6-3)59-78-69-67(65(74)64(73)66(81-69)68(75)76)80-63(72)57-54-51-48-45-42-39-36-32-29-26-23-20-17-14-11-8-5-2/h9,12,18,21,25-29,34,60,64-67,69,73-74H,4-8,10-11,13-17,19-20,22-24,30-33,35-59H2,1-3H3,(H,75,76)/b12-9-,21-18-,28-25-,29-26-,34-27-. The maximum absolute atomic E-state index is 13.2. The zero-order valence-corrected chi connectivity index (χ0v) is 51.8. The Labute approximate surface area is 494 Å². The molecule has 6 unspecified atom stereocenters. The van der Waals surface area contributed by atoms with Crippen LogP contribution in [-0.4, -0.2) is 89.2 Å². The van der Waals surface area contributed by atoms with Crippen molar-refractivity contribution in [1.82, 2.24) is 0 Å². The van der Waals surface area contributed by atoms with E-state index in [1.54, 1.807) is 0 Å². The molecule has 1 saturated heterocycles. The minimum absolute atomic E-state index is 0.0537. The highest BCUT2D eigenvalue weighted by Gasteiger charge is 2.50. The molecule has 3 N–H and O–H groups in total. The summed E-state index contributed by atoms with van der Waals surface area (Å²) in [6.45, 7) is 5.90. The molecule has 0 bridgehead atoms. The molecule has 0 amide bonds. The number of rotatable bonds is 57. The number of carboxylic acid groups (broad SMARTS) is 1. The van der Waals surface area contributed by atoms with Gasteiger partial charge < -0.3 is 39.0 Å². The van der Waals surface area contributed by atoms with E-state index in [2.05, 4.69) is 81.5 Å². The van der Waals surface area contributed by atoms with Crippen molar-refractivity contribution in [3.8, 4) is 0 Å². The van der Waals surface area contributed by atoms with Crippen molar-refractivity contribution in [3.63, 3.8) is 0 Å². The summed E-state index contributed by atoms with van der Waals surface area (Å²) in [6.07, 6.45) is 58.9. The highest BCUT2D eigenvalue weighted by molar-refractivity contribution is 5.74. The topological polar surface area (TPSA) is 175 Å². The summed E-state index contributed by atoms with van der Waals surface area (Å²) >= 11 is 0. The third-order valence-corrected chi connectivity index (χ3v) is 15.0. The van der Waals surface area contributed by atoms with Crippen LogP contribution in [0.4, 0.5) is 0 Å². The number of allylic oxidation sites excluding steroid dienone is 10. The molecule has 6 atom stereocenters. The number of aliphatic hydroxyl groups is 2. The normalized spacial score (nSPS) is 18.1. The number of ether oxygens (including phenoxy) is 5. The molecule has 1 aliphatic rings. The zero-order valence-electron chi connectivity index (χ0n) is 51.8. The molecule has 1 heterocycles. The minimum Gasteiger partial charge on any atom is -0.479 e. The Morgan fingerprint density at radius 2 is 0.778 bits per heavy atom. The summed E-state index contributed by atoms with van der Waals surface area (Å²) in [5.74, 6) is -3.13. The molecule has 1 fully saturated rings. The Hall–Kier alpha value is -3.58. The van der Waals surface area contributed by atoms with E-state index in [0.717, 1.165) is 103 Å². The maximum Gasteiger partial charge on any atom is 0.335 e. The molecule has 0 radical (unpaired) electrons. The second kappa shape index (κ2) is 56.9. The predicted octanol–water partition coefficient (Wildman–Crippen LogP) is 17.9. The largest absolute Gasteiger partial charge is 0.479 e. The van der Waals surface area contributed by atoms with Crippen LogP contribution in [0.15, 0.2) is 60.8 Å². The number of aliphatic carboxylic acids is 1. The fourth-order valence-corrected chi connectivity index (χ4v) is 9.96. The van der Waals surface area contributed by atoms with Crippen LogP contribution in [0.1, 0.15) is 303 Å². The van der Waals surface area contributed by atoms with Crippen molar-refractivity contribution < 1.29 is 58.2 Å². The van der Waals surface area contributed by atoms with Gasteiger partial charge in [-0.05, 0) is 103 Å². The third-order valence-electron chi connectivity index (χ3n) is 15.0. The van der Waals surface area contributed by atoms with Gasteiger partial charge in [-0.2, -0.15) is 0 Å². The van der Waals surface area contributed by atoms with Crippen LogP contribution < -0.4 is 0 Å². The lowest BCUT2D eigenvalue weighted by molar-refractivity contribution is -0.301. The second-order valence-corrected chi connectivity index (χ2v) is 22.7. The van der Waals surface area contributed by atoms with Gasteiger partial charge in [-0.15, -0.1) is 0 Å². The number of hydrogen-bond donors (Lipinski definition) is 3. The van der Waals surface area contributed by atoms with E-state index < -0.39 is 67.3 Å². The second-order valence-electron chi connectivity index (χ2n) is 22.7. The van der Waals surface area contributed by atoms with E-state index in [1.165, 1.54) is 141 Å². The summed E-state index contributed by atoms with van der Waals surface area (Å²) in [4.78, 5) is 51.4. The van der Waals surface area contributed by atoms with Gasteiger partial charge >= 0.3 is 23.9 Å². The molecular formula is C69H120O12. The lowest BCUT2D eigenvalue weighted by Gasteiger charge is -2.40. The van der Waals surface area contributed by atoms with Crippen molar-refractivity contribution in [2.24, 2.45) is 0 Å². The van der Waals surface area contributed by atoms with E-state index in [-0.39, 0.29) is 25.9 Å². The van der Waals surface area contributed by atoms with Crippen LogP contribution in [0.25, 0.3) is 0 Å². The van der Waals surface area contributed by atoms with Crippen molar-refractivity contribution in [2.45, 2.75) is 340 Å². The molecule has 0 saturated carbocycles. The van der Waals surface area contributed by atoms with Crippen LogP contribution in [-0.2, 0) is 42.9 Å². The summed E-state index contributed by atoms with van der Waals surface area (Å²) in [5.41, 5.74) is 0. The van der Waals surface area contributed by atoms with E-state index in [1.807, 2.05) is 0 Å². The van der Waals surface area contributed by atoms with Crippen molar-refractivity contribution in [2.75, 3.05) is 13.2 Å². The van der Waals surface area contributed by atoms with Gasteiger partial charge in [0.25, 0.3) is 0 Å². The van der Waals surface area contributed by atoms with Crippen LogP contribution in [0.3, 0.4) is 0 Å². The summed E-state index contributed by atoms with van der Waals surface area (Å²) < 4.78 is 28.5. The lowest BCUT2D eigenvalue weighted by atomic mass is 9.98. The fraction of sp³-hybridized carbons (Fsp3) is 0.797. The number of carbonyl (C=O) groups excluding carboxylic acids is 3. The molecule has 81 heavy (non-hydrogen) atoms. The van der Waals surface area contributed by atoms with E-state index in [9.17, 15) is 34.5 Å². The Morgan fingerprint density at radius 1 is 0.420 bits per heavy atom. The number of carboxylic acids is 1. The smallest absolute Gasteiger partial charge is 0.335 e. The predicted molar refractivity (Wildman–Crippen MR) is 331 cm³/mol. The molecule has 1 aliphatic heterocycles. The number of hydrogen-bond acceptors (Lipinski definition) is 11. The average molecular weight is 1140 g/mol. The molecule has 0 aliphatic carbocycles. The number of unbranched alkanes of at least 4 members (excludes halogenated alkanes) is 33. The fourth-order valence-electron chi connectivity index (χ4n) is 9.96. The SMILES string of the molecule is CC/C=C\C/C=C\C/C=C\CCCCCCCC(=O)OC(COC(=O)CCCCCCCCCCC/C=C\CCCCCCCC)COC1OC(C(=O)O)C(O)C(O)C1OC(=O)CCCCCCCCC/C=C\CCCCCCCC.